The van der Waals surface area contributed by atoms with E-state index in [0.29, 0.717) is 21.7 Å². The van der Waals surface area contributed by atoms with Crippen LogP contribution in [0.15, 0.2) is 46.4 Å². The molecule has 1 aromatic rings. The van der Waals surface area contributed by atoms with E-state index in [-0.39, 0.29) is 16.2 Å². The van der Waals surface area contributed by atoms with Gasteiger partial charge in [-0.2, -0.15) is 4.73 Å². The van der Waals surface area contributed by atoms with Crippen molar-refractivity contribution in [3.8, 4) is 0 Å². The average molecular weight is 338 g/mol. The molecule has 124 valence electrons. The smallest absolute Gasteiger partial charge is 0.334 e. The van der Waals surface area contributed by atoms with Crippen LogP contribution in [0.1, 0.15) is 32.3 Å². The van der Waals surface area contributed by atoms with Gasteiger partial charge in [0.1, 0.15) is 0 Å². The Morgan fingerprint density at radius 1 is 1.39 bits per heavy atom. The number of carboxylic acid groups (broad SMARTS) is 1. The Bertz CT molecular complexity index is 824. The van der Waals surface area contributed by atoms with Gasteiger partial charge in [0, 0.05) is 23.0 Å². The Hall–Kier alpha value is -2.35. The summed E-state index contributed by atoms with van der Waals surface area (Å²) in [5.74, 6) is -2.40. The fraction of sp³-hybridized carbons (Fsp3) is 0.333. The zero-order valence-electron chi connectivity index (χ0n) is 13.0. The molecule has 0 amide bonds. The van der Waals surface area contributed by atoms with Gasteiger partial charge in [-0.05, 0) is 19.9 Å². The Kier molecular flexibility index (Phi) is 4.46. The number of sulfone groups is 1. The quantitative estimate of drug-likeness (QED) is 0.627. The molecular weight excluding hydrogens is 320 g/mol. The van der Waals surface area contributed by atoms with E-state index >= 15 is 0 Å². The van der Waals surface area contributed by atoms with Crippen LogP contribution >= 0.6 is 0 Å². The van der Waals surface area contributed by atoms with Crippen LogP contribution in [0.5, 0.6) is 0 Å². The third-order valence-electron chi connectivity index (χ3n) is 3.78. The van der Waals surface area contributed by atoms with Crippen LogP contribution in [0.3, 0.4) is 0 Å². The highest BCUT2D eigenvalue weighted by molar-refractivity contribution is 7.95. The van der Waals surface area contributed by atoms with Crippen LogP contribution < -0.4 is 10.0 Å². The van der Waals surface area contributed by atoms with Crippen LogP contribution in [0.2, 0.25) is 0 Å². The normalized spacial score (nSPS) is 18.8. The summed E-state index contributed by atoms with van der Waals surface area (Å²) in [5.41, 5.74) is 0.984. The summed E-state index contributed by atoms with van der Waals surface area (Å²) in [5, 5.41) is 24.0. The van der Waals surface area contributed by atoms with Gasteiger partial charge < -0.3 is 15.6 Å². The van der Waals surface area contributed by atoms with Crippen molar-refractivity contribution in [3.63, 3.8) is 0 Å². The summed E-state index contributed by atoms with van der Waals surface area (Å²) >= 11 is 0. The van der Waals surface area contributed by atoms with Crippen molar-refractivity contribution in [1.29, 1.82) is 0 Å². The lowest BCUT2D eigenvalue weighted by atomic mass is 9.87. The second-order valence-electron chi connectivity index (χ2n) is 5.29. The lowest BCUT2D eigenvalue weighted by Gasteiger charge is -2.29. The number of hydrogen-bond acceptors (Lipinski definition) is 5. The maximum atomic E-state index is 12.5. The molecule has 2 rings (SSSR count). The number of carbonyl (C=O) groups is 1. The number of aliphatic carboxylic acids is 1. The lowest BCUT2D eigenvalue weighted by molar-refractivity contribution is -0.605. The zero-order valence-corrected chi connectivity index (χ0v) is 13.8. The molecule has 8 heteroatoms. The molecule has 0 spiro atoms. The molecule has 2 N–H and O–H groups in total. The molecule has 2 heterocycles. The van der Waals surface area contributed by atoms with E-state index in [0.717, 1.165) is 0 Å². The SMILES string of the molecule is CCS(=O)(=O)C1=C(C)NC(C)=C(C(=O)O)C1c1ccc[n+]([O-])c1. The Labute approximate surface area is 134 Å². The van der Waals surface area contributed by atoms with Gasteiger partial charge in [0.05, 0.1) is 22.1 Å². The van der Waals surface area contributed by atoms with Gasteiger partial charge >= 0.3 is 5.97 Å². The van der Waals surface area contributed by atoms with Crippen molar-refractivity contribution in [2.24, 2.45) is 0 Å². The number of nitrogens with zero attached hydrogens (tertiary/aromatic N) is 1. The summed E-state index contributed by atoms with van der Waals surface area (Å²) in [6.07, 6.45) is 2.46. The first-order chi connectivity index (χ1) is 10.7. The highest BCUT2D eigenvalue weighted by atomic mass is 32.2. The number of carboxylic acids is 1. The summed E-state index contributed by atoms with van der Waals surface area (Å²) in [6.45, 7) is 4.66. The van der Waals surface area contributed by atoms with Crippen LogP contribution in [0, 0.1) is 5.21 Å². The summed E-state index contributed by atoms with van der Waals surface area (Å²) < 4.78 is 25.5. The third kappa shape index (κ3) is 3.07. The number of hydrogen-bond donors (Lipinski definition) is 2. The fourth-order valence-electron chi connectivity index (χ4n) is 2.79. The molecule has 0 saturated heterocycles. The standard InChI is InChI=1S/C15H18N2O5S/c1-4-23(21,22)14-10(3)16-9(2)12(15(18)19)13(14)11-6-5-7-17(20)8-11/h5-8,13,16H,4H2,1-3H3,(H,18,19). The minimum absolute atomic E-state index is 0.00537. The molecule has 1 aromatic heterocycles. The van der Waals surface area contributed by atoms with Gasteiger partial charge in [0.25, 0.3) is 0 Å². The average Bonchev–Trinajstić information content (AvgIpc) is 2.45. The van der Waals surface area contributed by atoms with E-state index in [9.17, 15) is 23.5 Å². The van der Waals surface area contributed by atoms with E-state index in [2.05, 4.69) is 5.32 Å². The predicted molar refractivity (Wildman–Crippen MR) is 83.8 cm³/mol. The molecule has 0 saturated carbocycles. The molecule has 0 fully saturated rings. The van der Waals surface area contributed by atoms with E-state index < -0.39 is 21.7 Å². The molecule has 1 aliphatic heterocycles. The first-order valence-electron chi connectivity index (χ1n) is 7.02. The van der Waals surface area contributed by atoms with Gasteiger partial charge in [-0.25, -0.2) is 13.2 Å². The van der Waals surface area contributed by atoms with Crippen LogP contribution in [0.4, 0.5) is 0 Å². The van der Waals surface area contributed by atoms with Crippen LogP contribution in [-0.2, 0) is 14.6 Å². The molecule has 0 aromatic carbocycles. The van der Waals surface area contributed by atoms with Crippen molar-refractivity contribution in [1.82, 2.24) is 5.32 Å². The molecule has 0 bridgehead atoms. The van der Waals surface area contributed by atoms with Crippen LogP contribution in [-0.4, -0.2) is 25.2 Å². The highest BCUT2D eigenvalue weighted by Crippen LogP contribution is 2.40. The second kappa shape index (κ2) is 6.04. The number of aromatic nitrogens is 1. The van der Waals surface area contributed by atoms with Crippen molar-refractivity contribution in [3.05, 3.63) is 57.2 Å². The van der Waals surface area contributed by atoms with E-state index in [1.54, 1.807) is 19.9 Å². The maximum Gasteiger partial charge on any atom is 0.334 e. The maximum absolute atomic E-state index is 12.5. The molecule has 1 atom stereocenters. The number of nitrogens with one attached hydrogen (secondary N) is 1. The molecule has 1 aliphatic rings. The topological polar surface area (TPSA) is 110 Å². The monoisotopic (exact) mass is 338 g/mol. The molecule has 7 nitrogen and oxygen atoms in total. The van der Waals surface area contributed by atoms with E-state index in [4.69, 9.17) is 0 Å². The zero-order chi connectivity index (χ0) is 17.4. The minimum atomic E-state index is -3.66. The van der Waals surface area contributed by atoms with Gasteiger partial charge in [0.15, 0.2) is 22.2 Å². The largest absolute Gasteiger partial charge is 0.619 e. The number of dihydropyridines is 1. The molecule has 1 unspecified atom stereocenters. The van der Waals surface area contributed by atoms with Gasteiger partial charge in [-0.15, -0.1) is 0 Å². The first-order valence-corrected chi connectivity index (χ1v) is 8.67. The first kappa shape index (κ1) is 17.0. The summed E-state index contributed by atoms with van der Waals surface area (Å²) in [6, 6.07) is 3.02. The van der Waals surface area contributed by atoms with Crippen LogP contribution in [0.25, 0.3) is 0 Å². The van der Waals surface area contributed by atoms with Crippen molar-refractivity contribution in [2.75, 3.05) is 5.75 Å². The lowest BCUT2D eigenvalue weighted by Crippen LogP contribution is -2.33. The Balaban J connectivity index is 2.79. The number of rotatable bonds is 4. The molecule has 0 radical (unpaired) electrons. The minimum Gasteiger partial charge on any atom is -0.619 e. The molecule has 23 heavy (non-hydrogen) atoms. The van der Waals surface area contributed by atoms with E-state index in [1.807, 2.05) is 0 Å². The highest BCUT2D eigenvalue weighted by Gasteiger charge is 2.39. The molecular formula is C15H18N2O5S. The van der Waals surface area contributed by atoms with E-state index in [1.165, 1.54) is 25.4 Å². The number of pyridine rings is 1. The molecule has 0 aliphatic carbocycles. The third-order valence-corrected chi connectivity index (χ3v) is 5.75. The summed E-state index contributed by atoms with van der Waals surface area (Å²) in [4.78, 5) is 11.7. The Morgan fingerprint density at radius 2 is 2.04 bits per heavy atom. The number of allylic oxidation sites excluding steroid dienone is 3. The second-order valence-corrected chi connectivity index (χ2v) is 7.54. The van der Waals surface area contributed by atoms with Crippen molar-refractivity contribution >= 4 is 15.8 Å². The Morgan fingerprint density at radius 3 is 2.57 bits per heavy atom. The predicted octanol–water partition coefficient (Wildman–Crippen LogP) is 1.03. The fourth-order valence-corrected chi connectivity index (χ4v) is 4.23. The van der Waals surface area contributed by atoms with Gasteiger partial charge in [-0.3, -0.25) is 0 Å². The van der Waals surface area contributed by atoms with Gasteiger partial charge in [0.2, 0.25) is 0 Å². The van der Waals surface area contributed by atoms with Crippen molar-refractivity contribution < 1.29 is 23.0 Å². The van der Waals surface area contributed by atoms with Crippen molar-refractivity contribution in [2.45, 2.75) is 26.7 Å². The summed E-state index contributed by atoms with van der Waals surface area (Å²) in [7, 11) is -3.66. The van der Waals surface area contributed by atoms with Gasteiger partial charge in [-0.1, -0.05) is 6.92 Å².